The summed E-state index contributed by atoms with van der Waals surface area (Å²) in [6.45, 7) is 3.84. The van der Waals surface area contributed by atoms with Gasteiger partial charge in [-0.05, 0) is 38.2 Å². The molecule has 0 aliphatic carbocycles. The lowest BCUT2D eigenvalue weighted by Gasteiger charge is -2.15. The minimum Gasteiger partial charge on any atom is -0.396 e. The van der Waals surface area contributed by atoms with E-state index in [9.17, 15) is 9.18 Å². The van der Waals surface area contributed by atoms with E-state index < -0.39 is 5.82 Å². The number of rotatable bonds is 7. The largest absolute Gasteiger partial charge is 0.396 e. The molecule has 1 rings (SSSR count). The van der Waals surface area contributed by atoms with Crippen molar-refractivity contribution >= 4 is 17.3 Å². The van der Waals surface area contributed by atoms with Crippen LogP contribution in [-0.4, -0.2) is 30.9 Å². The van der Waals surface area contributed by atoms with Crippen LogP contribution in [0.4, 0.5) is 15.8 Å². The fourth-order valence-corrected chi connectivity index (χ4v) is 1.68. The molecule has 0 radical (unpaired) electrons. The van der Waals surface area contributed by atoms with Gasteiger partial charge in [-0.15, -0.1) is 0 Å². The maximum Gasteiger partial charge on any atom is 0.225 e. The Bertz CT molecular complexity index is 423. The van der Waals surface area contributed by atoms with Crippen molar-refractivity contribution in [2.45, 2.75) is 26.2 Å². The Hall–Kier alpha value is -1.62. The maximum atomic E-state index is 13.0. The number of nitrogens with zero attached hydrogens (tertiary/aromatic N) is 1. The molecular weight excluding hydrogens is 245 g/mol. The Morgan fingerprint density at radius 2 is 2.16 bits per heavy atom. The van der Waals surface area contributed by atoms with Gasteiger partial charge >= 0.3 is 0 Å². The van der Waals surface area contributed by atoms with E-state index in [-0.39, 0.29) is 11.6 Å². The second-order valence-electron chi connectivity index (χ2n) is 4.69. The number of nitrogen functional groups attached to an aromatic ring is 1. The Kier molecular flexibility index (Phi) is 6.29. The van der Waals surface area contributed by atoms with Crippen molar-refractivity contribution in [2.75, 3.05) is 31.2 Å². The molecule has 0 bridgehead atoms. The fraction of sp³-hybridized carbons (Fsp3) is 0.500. The molecule has 0 atom stereocenters. The Morgan fingerprint density at radius 1 is 1.42 bits per heavy atom. The molecule has 0 aliphatic rings. The molecule has 0 aromatic heterocycles. The summed E-state index contributed by atoms with van der Waals surface area (Å²) in [7, 11) is 2.00. The molecule has 4 nitrogen and oxygen atoms in total. The average molecular weight is 267 g/mol. The molecule has 0 spiro atoms. The molecule has 106 valence electrons. The predicted molar refractivity (Wildman–Crippen MR) is 76.5 cm³/mol. The van der Waals surface area contributed by atoms with E-state index in [0.29, 0.717) is 18.7 Å². The van der Waals surface area contributed by atoms with Crippen molar-refractivity contribution in [2.24, 2.45) is 0 Å². The van der Waals surface area contributed by atoms with Crippen LogP contribution in [0.15, 0.2) is 18.2 Å². The molecule has 3 N–H and O–H groups in total. The topological polar surface area (TPSA) is 58.4 Å². The molecule has 0 fully saturated rings. The van der Waals surface area contributed by atoms with Gasteiger partial charge < -0.3 is 16.0 Å². The number of anilines is 2. The summed E-state index contributed by atoms with van der Waals surface area (Å²) in [5.74, 6) is -0.563. The zero-order chi connectivity index (χ0) is 14.3. The first kappa shape index (κ1) is 15.4. The number of halogens is 1. The van der Waals surface area contributed by atoms with Crippen LogP contribution in [0.2, 0.25) is 0 Å². The van der Waals surface area contributed by atoms with E-state index >= 15 is 0 Å². The first-order valence-electron chi connectivity index (χ1n) is 6.56. The van der Waals surface area contributed by atoms with Crippen LogP contribution in [0, 0.1) is 5.82 Å². The zero-order valence-electron chi connectivity index (χ0n) is 11.6. The smallest absolute Gasteiger partial charge is 0.225 e. The van der Waals surface area contributed by atoms with Crippen LogP contribution in [0.3, 0.4) is 0 Å². The third-order valence-electron chi connectivity index (χ3n) is 2.89. The highest BCUT2D eigenvalue weighted by molar-refractivity contribution is 5.91. The highest BCUT2D eigenvalue weighted by atomic mass is 19.1. The lowest BCUT2D eigenvalue weighted by Crippen LogP contribution is -2.25. The molecule has 1 aromatic rings. The first-order valence-corrected chi connectivity index (χ1v) is 6.56. The number of hydrogen-bond donors (Lipinski definition) is 2. The third-order valence-corrected chi connectivity index (χ3v) is 2.89. The van der Waals surface area contributed by atoms with Gasteiger partial charge in [-0.1, -0.05) is 13.3 Å². The predicted octanol–water partition coefficient (Wildman–Crippen LogP) is 2.47. The highest BCUT2D eigenvalue weighted by Gasteiger charge is 2.06. The second kappa shape index (κ2) is 7.74. The van der Waals surface area contributed by atoms with Crippen molar-refractivity contribution in [3.8, 4) is 0 Å². The van der Waals surface area contributed by atoms with Crippen LogP contribution in [0.5, 0.6) is 0 Å². The van der Waals surface area contributed by atoms with Gasteiger partial charge in [0.05, 0.1) is 5.69 Å². The normalized spacial score (nSPS) is 10.7. The van der Waals surface area contributed by atoms with Crippen LogP contribution >= 0.6 is 0 Å². The average Bonchev–Trinajstić information content (AvgIpc) is 2.38. The van der Waals surface area contributed by atoms with Gasteiger partial charge in [-0.2, -0.15) is 0 Å². The highest BCUT2D eigenvalue weighted by Crippen LogP contribution is 2.16. The molecule has 0 aliphatic heterocycles. The van der Waals surface area contributed by atoms with Crippen molar-refractivity contribution in [1.82, 2.24) is 4.90 Å². The van der Waals surface area contributed by atoms with Gasteiger partial charge in [0, 0.05) is 18.7 Å². The van der Waals surface area contributed by atoms with E-state index in [2.05, 4.69) is 17.1 Å². The van der Waals surface area contributed by atoms with Crippen LogP contribution in [0.1, 0.15) is 26.2 Å². The zero-order valence-corrected chi connectivity index (χ0v) is 11.6. The molecule has 0 saturated carbocycles. The molecule has 0 unspecified atom stereocenters. The number of carbonyl (C=O) groups excluding carboxylic acids is 1. The number of nitrogens with one attached hydrogen (secondary N) is 1. The molecule has 1 aromatic carbocycles. The summed E-state index contributed by atoms with van der Waals surface area (Å²) < 4.78 is 13.0. The first-order chi connectivity index (χ1) is 9.02. The van der Waals surface area contributed by atoms with Crippen LogP contribution in [-0.2, 0) is 4.79 Å². The van der Waals surface area contributed by atoms with Crippen molar-refractivity contribution < 1.29 is 9.18 Å². The number of carbonyl (C=O) groups is 1. The standard InChI is InChI=1S/C14H22FN3O/c1-3-4-8-18(2)9-7-14(19)17-11-5-6-12(15)13(16)10-11/h5-6,10H,3-4,7-9,16H2,1-2H3,(H,17,19). The van der Waals surface area contributed by atoms with Gasteiger partial charge in [-0.3, -0.25) is 4.79 Å². The SMILES string of the molecule is CCCCN(C)CCC(=O)Nc1ccc(F)c(N)c1. The lowest BCUT2D eigenvalue weighted by molar-refractivity contribution is -0.116. The van der Waals surface area contributed by atoms with E-state index in [1.165, 1.54) is 18.2 Å². The summed E-state index contributed by atoms with van der Waals surface area (Å²) in [6.07, 6.45) is 2.69. The molecular formula is C14H22FN3O. The third kappa shape index (κ3) is 5.70. The van der Waals surface area contributed by atoms with Gasteiger partial charge in [0.25, 0.3) is 0 Å². The Balaban J connectivity index is 2.36. The molecule has 0 saturated heterocycles. The summed E-state index contributed by atoms with van der Waals surface area (Å²) in [6, 6.07) is 4.18. The minimum atomic E-state index is -0.475. The van der Waals surface area contributed by atoms with Crippen LogP contribution < -0.4 is 11.1 Å². The van der Waals surface area contributed by atoms with Gasteiger partial charge in [-0.25, -0.2) is 4.39 Å². The fourth-order valence-electron chi connectivity index (χ4n) is 1.68. The summed E-state index contributed by atoms with van der Waals surface area (Å²) in [5.41, 5.74) is 6.01. The lowest BCUT2D eigenvalue weighted by atomic mass is 10.2. The second-order valence-corrected chi connectivity index (χ2v) is 4.69. The van der Waals surface area contributed by atoms with E-state index in [1.54, 1.807) is 0 Å². The van der Waals surface area contributed by atoms with Crippen molar-refractivity contribution in [3.63, 3.8) is 0 Å². The van der Waals surface area contributed by atoms with Gasteiger partial charge in [0.1, 0.15) is 5.82 Å². The Labute approximate surface area is 113 Å². The van der Waals surface area contributed by atoms with E-state index in [4.69, 9.17) is 5.73 Å². The maximum absolute atomic E-state index is 13.0. The van der Waals surface area contributed by atoms with Crippen molar-refractivity contribution in [1.29, 1.82) is 0 Å². The number of amides is 1. The molecule has 19 heavy (non-hydrogen) atoms. The van der Waals surface area contributed by atoms with Gasteiger partial charge in [0.15, 0.2) is 0 Å². The monoisotopic (exact) mass is 267 g/mol. The number of benzene rings is 1. The van der Waals surface area contributed by atoms with E-state index in [1.807, 2.05) is 7.05 Å². The Morgan fingerprint density at radius 3 is 2.79 bits per heavy atom. The summed E-state index contributed by atoms with van der Waals surface area (Å²) in [4.78, 5) is 13.8. The van der Waals surface area contributed by atoms with E-state index in [0.717, 1.165) is 19.4 Å². The number of unbranched alkanes of at least 4 members (excludes halogenated alkanes) is 1. The minimum absolute atomic E-state index is 0.0397. The summed E-state index contributed by atoms with van der Waals surface area (Å²) in [5, 5.41) is 2.71. The quantitative estimate of drug-likeness (QED) is 0.746. The van der Waals surface area contributed by atoms with Gasteiger partial charge in [0.2, 0.25) is 5.91 Å². The van der Waals surface area contributed by atoms with Crippen LogP contribution in [0.25, 0.3) is 0 Å². The van der Waals surface area contributed by atoms with Crippen molar-refractivity contribution in [3.05, 3.63) is 24.0 Å². The molecule has 1 amide bonds. The number of nitrogens with two attached hydrogens (primary N) is 1. The number of hydrogen-bond acceptors (Lipinski definition) is 3. The molecule has 5 heteroatoms. The summed E-state index contributed by atoms with van der Waals surface area (Å²) >= 11 is 0. The molecule has 0 heterocycles.